The van der Waals surface area contributed by atoms with Gasteiger partial charge in [-0.15, -0.1) is 0 Å². The number of sulfonamides is 1. The number of fused-ring (bicyclic) bond motifs is 2. The molecule has 2 aliphatic rings. The summed E-state index contributed by atoms with van der Waals surface area (Å²) in [5.41, 5.74) is 1.59. The van der Waals surface area contributed by atoms with Gasteiger partial charge in [-0.05, 0) is 85.8 Å². The second-order valence-corrected chi connectivity index (χ2v) is 9.95. The summed E-state index contributed by atoms with van der Waals surface area (Å²) in [7, 11) is -3.83. The van der Waals surface area contributed by atoms with Crippen LogP contribution in [0.5, 0.6) is 0 Å². The van der Waals surface area contributed by atoms with E-state index in [9.17, 15) is 13.2 Å². The van der Waals surface area contributed by atoms with Crippen LogP contribution in [-0.4, -0.2) is 25.5 Å². The van der Waals surface area contributed by atoms with E-state index >= 15 is 0 Å². The Bertz CT molecular complexity index is 1070. The lowest BCUT2D eigenvalue weighted by molar-refractivity contribution is 0.102. The van der Waals surface area contributed by atoms with Crippen molar-refractivity contribution >= 4 is 44.6 Å². The number of carbonyl (C=O) groups excluding carboxylic acids is 1. The number of carbonyl (C=O) groups is 1. The van der Waals surface area contributed by atoms with Gasteiger partial charge < -0.3 is 16.0 Å². The van der Waals surface area contributed by atoms with E-state index in [-0.39, 0.29) is 10.8 Å². The van der Waals surface area contributed by atoms with Gasteiger partial charge in [-0.25, -0.2) is 13.6 Å². The van der Waals surface area contributed by atoms with E-state index in [1.807, 2.05) is 0 Å². The number of hydrogen-bond acceptors (Lipinski definition) is 4. The summed E-state index contributed by atoms with van der Waals surface area (Å²) in [5, 5.41) is 15.0. The third-order valence-electron chi connectivity index (χ3n) is 5.88. The number of amides is 1. The van der Waals surface area contributed by atoms with Crippen LogP contribution in [0.25, 0.3) is 0 Å². The Labute approximate surface area is 181 Å². The normalized spacial score (nSPS) is 22.5. The maximum Gasteiger partial charge on any atom is 0.255 e. The van der Waals surface area contributed by atoms with Crippen LogP contribution in [0.1, 0.15) is 36.0 Å². The zero-order valence-electron chi connectivity index (χ0n) is 16.3. The largest absolute Gasteiger partial charge is 0.359 e. The second-order valence-electron chi connectivity index (χ2n) is 7.98. The molecule has 2 fully saturated rings. The van der Waals surface area contributed by atoms with Gasteiger partial charge >= 0.3 is 0 Å². The molecule has 1 amide bonds. The van der Waals surface area contributed by atoms with Crippen molar-refractivity contribution in [2.75, 3.05) is 10.6 Å². The first kappa shape index (κ1) is 20.8. The smallest absolute Gasteiger partial charge is 0.255 e. The van der Waals surface area contributed by atoms with E-state index in [4.69, 9.17) is 17.4 Å². The van der Waals surface area contributed by atoms with E-state index in [1.54, 1.807) is 30.3 Å². The molecule has 2 aliphatic carbocycles. The molecule has 0 aliphatic heterocycles. The number of hydrogen-bond donors (Lipinski definition) is 4. The van der Waals surface area contributed by atoms with E-state index in [2.05, 4.69) is 16.0 Å². The highest BCUT2D eigenvalue weighted by Crippen LogP contribution is 2.44. The van der Waals surface area contributed by atoms with Gasteiger partial charge in [0.15, 0.2) is 5.11 Å². The predicted octanol–water partition coefficient (Wildman–Crippen LogP) is 3.06. The van der Waals surface area contributed by atoms with Gasteiger partial charge in [0, 0.05) is 23.0 Å². The molecule has 0 radical (unpaired) electrons. The molecule has 158 valence electrons. The van der Waals surface area contributed by atoms with Gasteiger partial charge in [0.25, 0.3) is 5.91 Å². The van der Waals surface area contributed by atoms with Crippen molar-refractivity contribution in [1.82, 2.24) is 5.32 Å². The Hall–Kier alpha value is -2.49. The molecule has 5 N–H and O–H groups in total. The molecule has 0 heterocycles. The topological polar surface area (TPSA) is 113 Å². The number of rotatable bonds is 5. The Morgan fingerprint density at radius 1 is 1.00 bits per heavy atom. The molecule has 7 nitrogen and oxygen atoms in total. The maximum atomic E-state index is 12.5. The van der Waals surface area contributed by atoms with Crippen LogP contribution in [0.4, 0.5) is 11.4 Å². The van der Waals surface area contributed by atoms with Crippen molar-refractivity contribution in [3.8, 4) is 0 Å². The summed E-state index contributed by atoms with van der Waals surface area (Å²) in [6.45, 7) is 0. The molecule has 3 unspecified atom stereocenters. The Kier molecular flexibility index (Phi) is 5.77. The molecule has 30 heavy (non-hydrogen) atoms. The summed E-state index contributed by atoms with van der Waals surface area (Å²) < 4.78 is 22.9. The third-order valence-corrected chi connectivity index (χ3v) is 7.01. The van der Waals surface area contributed by atoms with Crippen LogP contribution in [0, 0.1) is 11.8 Å². The first-order valence-corrected chi connectivity index (χ1v) is 11.9. The number of nitrogens with one attached hydrogen (secondary N) is 3. The van der Waals surface area contributed by atoms with Crippen molar-refractivity contribution in [3.63, 3.8) is 0 Å². The number of anilines is 2. The zero-order chi connectivity index (χ0) is 21.3. The number of thiocarbonyl (C=S) groups is 1. The fourth-order valence-corrected chi connectivity index (χ4v) is 5.24. The van der Waals surface area contributed by atoms with Gasteiger partial charge in [-0.1, -0.05) is 12.5 Å². The summed E-state index contributed by atoms with van der Waals surface area (Å²) >= 11 is 5.44. The SMILES string of the molecule is NS(=O)(=O)c1cccc(NC(=O)c2ccc(NC(=S)NC3CC4CCC3C4)cc2)c1. The number of nitrogens with two attached hydrogens (primary N) is 1. The number of benzene rings is 2. The Morgan fingerprint density at radius 2 is 1.77 bits per heavy atom. The molecule has 2 saturated carbocycles. The minimum atomic E-state index is -3.83. The molecule has 0 saturated heterocycles. The highest BCUT2D eigenvalue weighted by Gasteiger charge is 2.39. The van der Waals surface area contributed by atoms with Gasteiger partial charge in [-0.2, -0.15) is 0 Å². The zero-order valence-corrected chi connectivity index (χ0v) is 17.9. The van der Waals surface area contributed by atoms with Crippen LogP contribution < -0.4 is 21.1 Å². The average molecular weight is 445 g/mol. The standard InChI is InChI=1S/C21H24N4O3S2/c22-30(27,28)18-3-1-2-17(12-18)23-20(26)14-6-8-16(9-7-14)24-21(29)25-19-11-13-4-5-15(19)10-13/h1-3,6-9,12-13,15,19H,4-5,10-11H2,(H,23,26)(H2,22,27,28)(H2,24,25,29). The Balaban J connectivity index is 1.34. The minimum Gasteiger partial charge on any atom is -0.359 e. The molecular formula is C21H24N4O3S2. The molecule has 2 bridgehead atoms. The molecular weight excluding hydrogens is 420 g/mol. The van der Waals surface area contributed by atoms with Crippen molar-refractivity contribution in [1.29, 1.82) is 0 Å². The lowest BCUT2D eigenvalue weighted by Gasteiger charge is -2.24. The average Bonchev–Trinajstić information content (AvgIpc) is 3.31. The van der Waals surface area contributed by atoms with Crippen molar-refractivity contribution < 1.29 is 13.2 Å². The van der Waals surface area contributed by atoms with Crippen molar-refractivity contribution in [2.45, 2.75) is 36.6 Å². The highest BCUT2D eigenvalue weighted by atomic mass is 32.2. The predicted molar refractivity (Wildman–Crippen MR) is 121 cm³/mol. The third kappa shape index (κ3) is 4.80. The fraction of sp³-hybridized carbons (Fsp3) is 0.333. The van der Waals surface area contributed by atoms with Crippen LogP contribution in [-0.2, 0) is 10.0 Å². The molecule has 3 atom stereocenters. The first-order chi connectivity index (χ1) is 14.3. The maximum absolute atomic E-state index is 12.5. The molecule has 0 aromatic heterocycles. The van der Waals surface area contributed by atoms with Crippen LogP contribution in [0.15, 0.2) is 53.4 Å². The summed E-state index contributed by atoms with van der Waals surface area (Å²) in [4.78, 5) is 12.4. The van der Waals surface area contributed by atoms with Gasteiger partial charge in [0.2, 0.25) is 10.0 Å². The number of primary sulfonamides is 1. The molecule has 4 rings (SSSR count). The monoisotopic (exact) mass is 444 g/mol. The van der Waals surface area contributed by atoms with E-state index in [0.29, 0.717) is 22.4 Å². The van der Waals surface area contributed by atoms with E-state index in [0.717, 1.165) is 17.5 Å². The highest BCUT2D eigenvalue weighted by molar-refractivity contribution is 7.89. The molecule has 2 aromatic rings. The summed E-state index contributed by atoms with van der Waals surface area (Å²) in [6, 6.07) is 13.2. The molecule has 0 spiro atoms. The van der Waals surface area contributed by atoms with Gasteiger partial charge in [0.1, 0.15) is 0 Å². The molecule has 9 heteroatoms. The second kappa shape index (κ2) is 8.33. The summed E-state index contributed by atoms with van der Waals surface area (Å²) in [6.07, 6.45) is 5.14. The van der Waals surface area contributed by atoms with Gasteiger partial charge in [0.05, 0.1) is 4.90 Å². The fourth-order valence-electron chi connectivity index (χ4n) is 4.42. The quantitative estimate of drug-likeness (QED) is 0.527. The van der Waals surface area contributed by atoms with Gasteiger partial charge in [-0.3, -0.25) is 4.79 Å². The van der Waals surface area contributed by atoms with E-state index in [1.165, 1.54) is 43.9 Å². The molecule has 2 aromatic carbocycles. The van der Waals surface area contributed by atoms with Crippen LogP contribution >= 0.6 is 12.2 Å². The first-order valence-electron chi connectivity index (χ1n) is 9.90. The minimum absolute atomic E-state index is 0.0589. The van der Waals surface area contributed by atoms with Crippen molar-refractivity contribution in [3.05, 3.63) is 54.1 Å². The van der Waals surface area contributed by atoms with Crippen LogP contribution in [0.2, 0.25) is 0 Å². The lowest BCUT2D eigenvalue weighted by atomic mass is 9.96. The Morgan fingerprint density at radius 3 is 2.40 bits per heavy atom. The van der Waals surface area contributed by atoms with Crippen LogP contribution in [0.3, 0.4) is 0 Å². The van der Waals surface area contributed by atoms with Crippen molar-refractivity contribution in [2.24, 2.45) is 17.0 Å². The summed E-state index contributed by atoms with van der Waals surface area (Å²) in [5.74, 6) is 1.23. The lowest BCUT2D eigenvalue weighted by Crippen LogP contribution is -2.40. The van der Waals surface area contributed by atoms with E-state index < -0.39 is 10.0 Å².